The van der Waals surface area contributed by atoms with Gasteiger partial charge < -0.3 is 15.3 Å². The quantitative estimate of drug-likeness (QED) is 0.892. The van der Waals surface area contributed by atoms with Crippen LogP contribution in [0.5, 0.6) is 0 Å². The molecule has 0 fully saturated rings. The van der Waals surface area contributed by atoms with Crippen LogP contribution in [0.25, 0.3) is 0 Å². The SMILES string of the molecule is CN(C)c1ccc(C(=O)NC[C@](C)(O)c2cccs2)cc1. The Bertz CT molecular complexity index is 589. The van der Waals surface area contributed by atoms with Crippen LogP contribution >= 0.6 is 11.3 Å². The molecule has 1 atom stereocenters. The van der Waals surface area contributed by atoms with Crippen LogP contribution < -0.4 is 10.2 Å². The molecule has 1 aromatic carbocycles. The lowest BCUT2D eigenvalue weighted by Crippen LogP contribution is -2.38. The summed E-state index contributed by atoms with van der Waals surface area (Å²) in [5.41, 5.74) is 0.577. The molecule has 0 aliphatic heterocycles. The molecule has 0 aliphatic carbocycles. The maximum absolute atomic E-state index is 12.1. The Kier molecular flexibility index (Phi) is 4.65. The van der Waals surface area contributed by atoms with Gasteiger partial charge in [-0.05, 0) is 42.6 Å². The fourth-order valence-electron chi connectivity index (χ4n) is 1.94. The van der Waals surface area contributed by atoms with Crippen LogP contribution in [0.4, 0.5) is 5.69 Å². The second-order valence-electron chi connectivity index (χ2n) is 5.38. The number of nitrogens with zero attached hydrogens (tertiary/aromatic N) is 1. The Morgan fingerprint density at radius 3 is 2.48 bits per heavy atom. The van der Waals surface area contributed by atoms with Crippen LogP contribution in [0.2, 0.25) is 0 Å². The third kappa shape index (κ3) is 3.83. The molecule has 112 valence electrons. The topological polar surface area (TPSA) is 52.6 Å². The Morgan fingerprint density at radius 2 is 1.95 bits per heavy atom. The van der Waals surface area contributed by atoms with Crippen LogP contribution in [0, 0.1) is 0 Å². The zero-order chi connectivity index (χ0) is 15.5. The summed E-state index contributed by atoms with van der Waals surface area (Å²) < 4.78 is 0. The normalized spacial score (nSPS) is 13.5. The van der Waals surface area contributed by atoms with E-state index in [-0.39, 0.29) is 12.5 Å². The number of carbonyl (C=O) groups is 1. The second kappa shape index (κ2) is 6.28. The summed E-state index contributed by atoms with van der Waals surface area (Å²) in [6.45, 7) is 1.88. The summed E-state index contributed by atoms with van der Waals surface area (Å²) >= 11 is 1.48. The number of amides is 1. The number of aliphatic hydroxyl groups is 1. The molecule has 1 heterocycles. The van der Waals surface area contributed by atoms with Crippen LogP contribution in [-0.4, -0.2) is 31.7 Å². The van der Waals surface area contributed by atoms with E-state index in [2.05, 4.69) is 5.32 Å². The van der Waals surface area contributed by atoms with E-state index in [0.717, 1.165) is 10.6 Å². The van der Waals surface area contributed by atoms with Crippen molar-refractivity contribution in [3.8, 4) is 0 Å². The van der Waals surface area contributed by atoms with Crippen molar-refractivity contribution in [2.24, 2.45) is 0 Å². The highest BCUT2D eigenvalue weighted by Crippen LogP contribution is 2.24. The zero-order valence-electron chi connectivity index (χ0n) is 12.5. The van der Waals surface area contributed by atoms with Gasteiger partial charge in [0.05, 0.1) is 6.54 Å². The fourth-order valence-corrected chi connectivity index (χ4v) is 2.72. The molecule has 1 amide bonds. The minimum Gasteiger partial charge on any atom is -0.383 e. The Morgan fingerprint density at radius 1 is 1.29 bits per heavy atom. The van der Waals surface area contributed by atoms with Gasteiger partial charge in [0.15, 0.2) is 0 Å². The highest BCUT2D eigenvalue weighted by molar-refractivity contribution is 7.10. The van der Waals surface area contributed by atoms with Gasteiger partial charge in [-0.2, -0.15) is 0 Å². The van der Waals surface area contributed by atoms with Crippen molar-refractivity contribution in [2.45, 2.75) is 12.5 Å². The third-order valence-corrected chi connectivity index (χ3v) is 4.41. The first-order valence-corrected chi connectivity index (χ1v) is 7.60. The molecule has 0 radical (unpaired) electrons. The smallest absolute Gasteiger partial charge is 0.251 e. The summed E-state index contributed by atoms with van der Waals surface area (Å²) in [6, 6.07) is 11.1. The van der Waals surface area contributed by atoms with E-state index in [0.29, 0.717) is 5.56 Å². The van der Waals surface area contributed by atoms with E-state index in [1.165, 1.54) is 11.3 Å². The Labute approximate surface area is 129 Å². The van der Waals surface area contributed by atoms with Crippen LogP contribution in [0.1, 0.15) is 22.2 Å². The number of hydrogen-bond acceptors (Lipinski definition) is 4. The number of thiophene rings is 1. The number of carbonyl (C=O) groups excluding carboxylic acids is 1. The predicted octanol–water partition coefficient (Wildman–Crippen LogP) is 2.45. The molecule has 0 unspecified atom stereocenters. The highest BCUT2D eigenvalue weighted by atomic mass is 32.1. The van der Waals surface area contributed by atoms with Gasteiger partial charge in [0.2, 0.25) is 0 Å². The van der Waals surface area contributed by atoms with E-state index in [4.69, 9.17) is 0 Å². The van der Waals surface area contributed by atoms with Gasteiger partial charge in [-0.25, -0.2) is 0 Å². The van der Waals surface area contributed by atoms with Gasteiger partial charge in [0.1, 0.15) is 5.60 Å². The molecule has 2 aromatic rings. The molecule has 0 spiro atoms. The fraction of sp³-hybridized carbons (Fsp3) is 0.312. The largest absolute Gasteiger partial charge is 0.383 e. The number of nitrogens with one attached hydrogen (secondary N) is 1. The zero-order valence-corrected chi connectivity index (χ0v) is 13.3. The lowest BCUT2D eigenvalue weighted by Gasteiger charge is -2.22. The van der Waals surface area contributed by atoms with E-state index in [1.807, 2.05) is 48.6 Å². The maximum Gasteiger partial charge on any atom is 0.251 e. The number of anilines is 1. The minimum atomic E-state index is -1.05. The summed E-state index contributed by atoms with van der Waals surface area (Å²) in [5.74, 6) is -0.183. The molecule has 5 heteroatoms. The summed E-state index contributed by atoms with van der Waals surface area (Å²) in [6.07, 6.45) is 0. The van der Waals surface area contributed by atoms with Gasteiger partial charge in [0, 0.05) is 30.2 Å². The summed E-state index contributed by atoms with van der Waals surface area (Å²) in [4.78, 5) is 14.9. The summed E-state index contributed by atoms with van der Waals surface area (Å²) in [5, 5.41) is 15.1. The van der Waals surface area contributed by atoms with Gasteiger partial charge in [0.25, 0.3) is 5.91 Å². The van der Waals surface area contributed by atoms with Crippen molar-refractivity contribution in [3.63, 3.8) is 0 Å². The first kappa shape index (κ1) is 15.5. The monoisotopic (exact) mass is 304 g/mol. The molecule has 2 N–H and O–H groups in total. The molecule has 0 aliphatic rings. The average Bonchev–Trinajstić information content (AvgIpc) is 3.00. The van der Waals surface area contributed by atoms with E-state index in [1.54, 1.807) is 19.1 Å². The van der Waals surface area contributed by atoms with Crippen molar-refractivity contribution in [2.75, 3.05) is 25.5 Å². The molecule has 21 heavy (non-hydrogen) atoms. The van der Waals surface area contributed by atoms with Gasteiger partial charge in [-0.3, -0.25) is 4.79 Å². The second-order valence-corrected chi connectivity index (χ2v) is 6.32. The molecule has 2 rings (SSSR count). The van der Waals surface area contributed by atoms with Gasteiger partial charge in [-0.1, -0.05) is 6.07 Å². The van der Waals surface area contributed by atoms with E-state index in [9.17, 15) is 9.90 Å². The Hall–Kier alpha value is -1.85. The van der Waals surface area contributed by atoms with Crippen molar-refractivity contribution >= 4 is 22.9 Å². The van der Waals surface area contributed by atoms with Crippen molar-refractivity contribution in [1.82, 2.24) is 5.32 Å². The van der Waals surface area contributed by atoms with Crippen LogP contribution in [0.3, 0.4) is 0 Å². The number of hydrogen-bond donors (Lipinski definition) is 2. The van der Waals surface area contributed by atoms with E-state index >= 15 is 0 Å². The minimum absolute atomic E-state index is 0.182. The van der Waals surface area contributed by atoms with Gasteiger partial charge in [-0.15, -0.1) is 11.3 Å². The molecule has 4 nitrogen and oxygen atoms in total. The number of rotatable bonds is 5. The highest BCUT2D eigenvalue weighted by Gasteiger charge is 2.25. The lowest BCUT2D eigenvalue weighted by molar-refractivity contribution is 0.0557. The standard InChI is InChI=1S/C16H20N2O2S/c1-16(20,14-5-4-10-21-14)11-17-15(19)12-6-8-13(9-7-12)18(2)3/h4-10,20H,11H2,1-3H3,(H,17,19)/t16-/m0/s1. The molecule has 0 saturated carbocycles. The van der Waals surface area contributed by atoms with Crippen molar-refractivity contribution < 1.29 is 9.90 Å². The molecule has 1 aromatic heterocycles. The lowest BCUT2D eigenvalue weighted by atomic mass is 10.0. The summed E-state index contributed by atoms with van der Waals surface area (Å²) in [7, 11) is 3.90. The van der Waals surface area contributed by atoms with Gasteiger partial charge >= 0.3 is 0 Å². The molecular formula is C16H20N2O2S. The first-order chi connectivity index (χ1) is 9.90. The average molecular weight is 304 g/mol. The van der Waals surface area contributed by atoms with Crippen LogP contribution in [-0.2, 0) is 5.60 Å². The molecule has 0 bridgehead atoms. The Balaban J connectivity index is 1.98. The third-order valence-electron chi connectivity index (χ3n) is 3.29. The maximum atomic E-state index is 12.1. The molecular weight excluding hydrogens is 284 g/mol. The van der Waals surface area contributed by atoms with Crippen molar-refractivity contribution in [3.05, 3.63) is 52.2 Å². The first-order valence-electron chi connectivity index (χ1n) is 6.72. The van der Waals surface area contributed by atoms with Crippen molar-refractivity contribution in [1.29, 1.82) is 0 Å². The van der Waals surface area contributed by atoms with E-state index < -0.39 is 5.60 Å². The number of benzene rings is 1. The predicted molar refractivity (Wildman–Crippen MR) is 87.0 cm³/mol. The molecule has 0 saturated heterocycles. The van der Waals surface area contributed by atoms with Crippen LogP contribution in [0.15, 0.2) is 41.8 Å².